The fraction of sp³-hybridized carbons (Fsp3) is 0.471. The lowest BCUT2D eigenvalue weighted by Gasteiger charge is -2.33. The van der Waals surface area contributed by atoms with E-state index in [1.807, 2.05) is 30.5 Å². The summed E-state index contributed by atoms with van der Waals surface area (Å²) >= 11 is 1.82. The molecule has 1 aliphatic heterocycles. The third kappa shape index (κ3) is 5.41. The van der Waals surface area contributed by atoms with Crippen LogP contribution in [0.15, 0.2) is 45.3 Å². The Morgan fingerprint density at radius 2 is 2.17 bits per heavy atom. The first-order chi connectivity index (χ1) is 11.3. The molecule has 5 nitrogen and oxygen atoms in total. The van der Waals surface area contributed by atoms with Crippen molar-refractivity contribution in [2.24, 2.45) is 4.99 Å². The topological polar surface area (TPSA) is 52.8 Å². The number of rotatable bonds is 5. The molecule has 7 heteroatoms. The molecule has 0 saturated carbocycles. The molecule has 3 heterocycles. The first-order valence-corrected chi connectivity index (χ1v) is 9.01. The second kappa shape index (κ2) is 9.93. The molecule has 0 radical (unpaired) electrons. The first kappa shape index (κ1) is 19.1. The van der Waals surface area contributed by atoms with Crippen molar-refractivity contribution in [1.82, 2.24) is 10.6 Å². The number of furan rings is 1. The van der Waals surface area contributed by atoms with Crippen molar-refractivity contribution in [2.45, 2.75) is 25.3 Å². The summed E-state index contributed by atoms with van der Waals surface area (Å²) in [5.41, 5.74) is 0. The summed E-state index contributed by atoms with van der Waals surface area (Å²) in [6, 6.07) is 8.73. The lowest BCUT2D eigenvalue weighted by Crippen LogP contribution is -2.49. The highest BCUT2D eigenvalue weighted by Crippen LogP contribution is 2.24. The van der Waals surface area contributed by atoms with Crippen LogP contribution < -0.4 is 15.5 Å². The molecule has 0 atom stereocenters. The number of hydrogen-bond donors (Lipinski definition) is 2. The minimum Gasteiger partial charge on any atom is -0.469 e. The fourth-order valence-electron chi connectivity index (χ4n) is 2.84. The molecule has 2 N–H and O–H groups in total. The maximum Gasteiger partial charge on any atom is 0.191 e. The highest BCUT2D eigenvalue weighted by Gasteiger charge is 2.20. The molecule has 0 spiro atoms. The van der Waals surface area contributed by atoms with Gasteiger partial charge in [-0.05, 0) is 42.5 Å². The fourth-order valence-corrected chi connectivity index (χ4v) is 3.63. The maximum absolute atomic E-state index is 5.34. The Hall–Kier alpha value is -1.22. The van der Waals surface area contributed by atoms with Crippen LogP contribution in [0.1, 0.15) is 18.6 Å². The maximum atomic E-state index is 5.34. The Morgan fingerprint density at radius 1 is 1.33 bits per heavy atom. The Morgan fingerprint density at radius 3 is 2.79 bits per heavy atom. The zero-order valence-electron chi connectivity index (χ0n) is 13.9. The Kier molecular flexibility index (Phi) is 7.90. The number of halogens is 1. The van der Waals surface area contributed by atoms with Gasteiger partial charge in [-0.25, -0.2) is 0 Å². The number of piperidine rings is 1. The summed E-state index contributed by atoms with van der Waals surface area (Å²) in [6.45, 7) is 3.02. The zero-order chi connectivity index (χ0) is 15.9. The normalized spacial score (nSPS) is 15.9. The molecule has 2 aromatic rings. The van der Waals surface area contributed by atoms with Gasteiger partial charge in [-0.15, -0.1) is 35.3 Å². The van der Waals surface area contributed by atoms with E-state index in [4.69, 9.17) is 4.42 Å². The van der Waals surface area contributed by atoms with E-state index >= 15 is 0 Å². The number of nitrogens with zero attached hydrogens (tertiary/aromatic N) is 2. The van der Waals surface area contributed by atoms with Crippen LogP contribution in [0.3, 0.4) is 0 Å². The van der Waals surface area contributed by atoms with Gasteiger partial charge in [0, 0.05) is 39.1 Å². The largest absolute Gasteiger partial charge is 0.469 e. The quantitative estimate of drug-likeness (QED) is 0.409. The number of guanidine groups is 1. The monoisotopic (exact) mass is 460 g/mol. The van der Waals surface area contributed by atoms with E-state index in [9.17, 15) is 0 Å². The lowest BCUT2D eigenvalue weighted by atomic mass is 10.1. The smallest absolute Gasteiger partial charge is 0.191 e. The number of nitrogens with one attached hydrogen (secondary N) is 2. The van der Waals surface area contributed by atoms with E-state index in [0.717, 1.165) is 50.6 Å². The van der Waals surface area contributed by atoms with Gasteiger partial charge in [-0.3, -0.25) is 4.99 Å². The summed E-state index contributed by atoms with van der Waals surface area (Å²) in [7, 11) is 1.82. The molecular weight excluding hydrogens is 435 g/mol. The minimum atomic E-state index is 0. The predicted octanol–water partition coefficient (Wildman–Crippen LogP) is 3.34. The Bertz CT molecular complexity index is 592. The van der Waals surface area contributed by atoms with Gasteiger partial charge in [0.05, 0.1) is 11.3 Å². The zero-order valence-corrected chi connectivity index (χ0v) is 17.1. The van der Waals surface area contributed by atoms with Crippen LogP contribution in [-0.2, 0) is 6.42 Å². The van der Waals surface area contributed by atoms with Crippen molar-refractivity contribution < 1.29 is 4.42 Å². The summed E-state index contributed by atoms with van der Waals surface area (Å²) in [4.78, 5) is 6.79. The van der Waals surface area contributed by atoms with Crippen LogP contribution in [0.25, 0.3) is 0 Å². The van der Waals surface area contributed by atoms with Crippen molar-refractivity contribution in [1.29, 1.82) is 0 Å². The molecular formula is C17H25IN4OS. The van der Waals surface area contributed by atoms with Crippen molar-refractivity contribution >= 4 is 46.3 Å². The van der Waals surface area contributed by atoms with E-state index in [0.29, 0.717) is 6.04 Å². The van der Waals surface area contributed by atoms with Crippen molar-refractivity contribution in [2.75, 3.05) is 31.6 Å². The van der Waals surface area contributed by atoms with Crippen LogP contribution in [0, 0.1) is 0 Å². The molecule has 24 heavy (non-hydrogen) atoms. The van der Waals surface area contributed by atoms with E-state index in [1.54, 1.807) is 6.26 Å². The number of thiophene rings is 1. The van der Waals surface area contributed by atoms with Gasteiger partial charge in [-0.2, -0.15) is 0 Å². The highest BCUT2D eigenvalue weighted by atomic mass is 127. The third-order valence-electron chi connectivity index (χ3n) is 4.12. The predicted molar refractivity (Wildman–Crippen MR) is 112 cm³/mol. The van der Waals surface area contributed by atoms with Gasteiger partial charge in [0.2, 0.25) is 0 Å². The molecule has 3 rings (SSSR count). The average molecular weight is 460 g/mol. The van der Waals surface area contributed by atoms with E-state index in [2.05, 4.69) is 38.0 Å². The van der Waals surface area contributed by atoms with Gasteiger partial charge in [0.25, 0.3) is 0 Å². The number of anilines is 1. The van der Waals surface area contributed by atoms with Crippen molar-refractivity contribution in [3.05, 3.63) is 41.7 Å². The van der Waals surface area contributed by atoms with Gasteiger partial charge in [-0.1, -0.05) is 0 Å². The molecule has 1 fully saturated rings. The summed E-state index contributed by atoms with van der Waals surface area (Å²) in [6.07, 6.45) is 4.85. The molecule has 132 valence electrons. The molecule has 0 amide bonds. The average Bonchev–Trinajstić information content (AvgIpc) is 3.28. The Balaban J connectivity index is 0.00000208. The van der Waals surface area contributed by atoms with Gasteiger partial charge < -0.3 is 20.0 Å². The highest BCUT2D eigenvalue weighted by molar-refractivity contribution is 14.0. The molecule has 1 saturated heterocycles. The lowest BCUT2D eigenvalue weighted by molar-refractivity contribution is 0.461. The third-order valence-corrected chi connectivity index (χ3v) is 5.05. The van der Waals surface area contributed by atoms with Crippen molar-refractivity contribution in [3.63, 3.8) is 0 Å². The van der Waals surface area contributed by atoms with Gasteiger partial charge in [0.1, 0.15) is 5.76 Å². The van der Waals surface area contributed by atoms with Crippen LogP contribution in [-0.4, -0.2) is 38.7 Å². The summed E-state index contributed by atoms with van der Waals surface area (Å²) < 4.78 is 5.34. The minimum absolute atomic E-state index is 0. The second-order valence-electron chi connectivity index (χ2n) is 5.69. The van der Waals surface area contributed by atoms with E-state index < -0.39 is 0 Å². The van der Waals surface area contributed by atoms with Crippen LogP contribution in [0.2, 0.25) is 0 Å². The molecule has 2 aromatic heterocycles. The van der Waals surface area contributed by atoms with Crippen LogP contribution in [0.4, 0.5) is 5.00 Å². The van der Waals surface area contributed by atoms with E-state index in [-0.39, 0.29) is 24.0 Å². The van der Waals surface area contributed by atoms with E-state index in [1.165, 1.54) is 5.00 Å². The van der Waals surface area contributed by atoms with Gasteiger partial charge in [0.15, 0.2) is 5.96 Å². The molecule has 0 aromatic carbocycles. The van der Waals surface area contributed by atoms with Crippen LogP contribution in [0.5, 0.6) is 0 Å². The summed E-state index contributed by atoms with van der Waals surface area (Å²) in [5, 5.41) is 10.4. The molecule has 0 bridgehead atoms. The first-order valence-electron chi connectivity index (χ1n) is 8.13. The SMILES string of the molecule is CN=C(NCCc1ccco1)NC1CCN(c2cccs2)CC1.I. The van der Waals surface area contributed by atoms with Crippen molar-refractivity contribution in [3.8, 4) is 0 Å². The van der Waals surface area contributed by atoms with Crippen LogP contribution >= 0.6 is 35.3 Å². The molecule has 1 aliphatic rings. The van der Waals surface area contributed by atoms with Gasteiger partial charge >= 0.3 is 0 Å². The Labute approximate surface area is 164 Å². The standard InChI is InChI=1S/C17H24N4OS.HI/c1-18-17(19-9-6-15-4-2-12-22-15)20-14-7-10-21(11-8-14)16-5-3-13-23-16;/h2-5,12-14H,6-11H2,1H3,(H2,18,19,20);1H. The summed E-state index contributed by atoms with van der Waals surface area (Å²) in [5.74, 6) is 1.88. The second-order valence-corrected chi connectivity index (χ2v) is 6.61. The number of hydrogen-bond acceptors (Lipinski definition) is 4. The molecule has 0 unspecified atom stereocenters. The number of aliphatic imine (C=N–C) groups is 1. The molecule has 0 aliphatic carbocycles.